The normalized spacial score (nSPS) is 20.3. The maximum atomic E-state index is 11.3. The highest BCUT2D eigenvalue weighted by molar-refractivity contribution is 14.1. The van der Waals surface area contributed by atoms with E-state index in [2.05, 4.69) is 19.7 Å². The molecule has 0 unspecified atom stereocenters. The highest BCUT2D eigenvalue weighted by Gasteiger charge is 2.24. The Kier molecular flexibility index (Phi) is 6.99. The van der Waals surface area contributed by atoms with E-state index in [0.29, 0.717) is 12.1 Å². The number of aromatic nitrogens is 1. The maximum absolute atomic E-state index is 11.3. The van der Waals surface area contributed by atoms with Gasteiger partial charge in [-0.2, -0.15) is 0 Å². The summed E-state index contributed by atoms with van der Waals surface area (Å²) in [7, 11) is 0. The van der Waals surface area contributed by atoms with Gasteiger partial charge < -0.3 is 4.90 Å². The summed E-state index contributed by atoms with van der Waals surface area (Å²) in [4.78, 5) is 34.2. The Morgan fingerprint density at radius 2 is 1.77 bits per heavy atom. The van der Waals surface area contributed by atoms with E-state index in [4.69, 9.17) is 0 Å². The van der Waals surface area contributed by atoms with Crippen molar-refractivity contribution in [3.05, 3.63) is 23.9 Å². The lowest BCUT2D eigenvalue weighted by molar-refractivity contribution is -0.118. The van der Waals surface area contributed by atoms with Crippen molar-refractivity contribution >= 4 is 38.0 Å². The number of piperazine rings is 1. The summed E-state index contributed by atoms with van der Waals surface area (Å²) in [5.41, 5.74) is 0.657. The van der Waals surface area contributed by atoms with Crippen molar-refractivity contribution in [2.75, 3.05) is 57.3 Å². The van der Waals surface area contributed by atoms with Gasteiger partial charge in [-0.3, -0.25) is 19.4 Å². The van der Waals surface area contributed by atoms with Crippen LogP contribution in [0.25, 0.3) is 0 Å². The van der Waals surface area contributed by atoms with Crippen molar-refractivity contribution in [3.8, 4) is 0 Å². The molecular formula is C19H27IN4O2. The number of pyridine rings is 1. The Morgan fingerprint density at radius 3 is 2.31 bits per heavy atom. The standard InChI is InChI=1S/C19H27IN4O2/c1-15(25)13-22-6-4-16(5-7-22)14-23-8-10-24(11-9-23)18-3-2-17(12-21-18)19(20)26/h2-3,12,16H,4-11,13-14H2,1H3. The zero-order chi connectivity index (χ0) is 18.5. The molecule has 2 aliphatic heterocycles. The summed E-state index contributed by atoms with van der Waals surface area (Å²) in [6.07, 6.45) is 4.06. The van der Waals surface area contributed by atoms with E-state index in [-0.39, 0.29) is 9.57 Å². The van der Waals surface area contributed by atoms with Crippen LogP contribution in [-0.2, 0) is 4.79 Å². The predicted octanol–water partition coefficient (Wildman–Crippen LogP) is 2.08. The number of hydrogen-bond acceptors (Lipinski definition) is 6. The smallest absolute Gasteiger partial charge is 0.223 e. The first-order valence-electron chi connectivity index (χ1n) is 9.36. The molecule has 0 spiro atoms. The van der Waals surface area contributed by atoms with E-state index in [1.165, 1.54) is 12.8 Å². The number of halogens is 1. The van der Waals surface area contributed by atoms with Gasteiger partial charge >= 0.3 is 0 Å². The van der Waals surface area contributed by atoms with Crippen molar-refractivity contribution < 1.29 is 9.59 Å². The molecule has 6 nitrogen and oxygen atoms in total. The SMILES string of the molecule is CC(=O)CN1CCC(CN2CCN(c3ccc(C(=O)I)cn3)CC2)CC1. The van der Waals surface area contributed by atoms with Crippen LogP contribution in [-0.4, -0.2) is 76.7 Å². The minimum Gasteiger partial charge on any atom is -0.354 e. The molecule has 26 heavy (non-hydrogen) atoms. The van der Waals surface area contributed by atoms with Gasteiger partial charge in [-0.1, -0.05) is 0 Å². The Labute approximate surface area is 169 Å². The fourth-order valence-corrected chi connectivity index (χ4v) is 4.18. The summed E-state index contributed by atoms with van der Waals surface area (Å²) in [6, 6.07) is 3.81. The Bertz CT molecular complexity index is 621. The van der Waals surface area contributed by atoms with E-state index in [1.54, 1.807) is 35.7 Å². The molecule has 0 aliphatic carbocycles. The lowest BCUT2D eigenvalue weighted by atomic mass is 9.95. The number of ketones is 1. The third-order valence-electron chi connectivity index (χ3n) is 5.34. The monoisotopic (exact) mass is 470 g/mol. The van der Waals surface area contributed by atoms with Gasteiger partial charge in [-0.25, -0.2) is 4.98 Å². The number of rotatable bonds is 6. The molecule has 0 atom stereocenters. The number of nitrogens with zero attached hydrogens (tertiary/aromatic N) is 4. The zero-order valence-electron chi connectivity index (χ0n) is 15.4. The number of piperidine rings is 1. The molecule has 0 aromatic carbocycles. The van der Waals surface area contributed by atoms with Crippen LogP contribution in [0.2, 0.25) is 0 Å². The first-order valence-corrected chi connectivity index (χ1v) is 10.4. The van der Waals surface area contributed by atoms with Gasteiger partial charge in [0.05, 0.1) is 6.54 Å². The van der Waals surface area contributed by atoms with Gasteiger partial charge in [0, 0.05) is 67.1 Å². The van der Waals surface area contributed by atoms with E-state index in [1.807, 2.05) is 12.1 Å². The second kappa shape index (κ2) is 9.23. The van der Waals surface area contributed by atoms with Crippen molar-refractivity contribution in [3.63, 3.8) is 0 Å². The molecule has 7 heteroatoms. The molecule has 0 saturated carbocycles. The quantitative estimate of drug-likeness (QED) is 0.469. The first kappa shape index (κ1) is 19.7. The predicted molar refractivity (Wildman–Crippen MR) is 111 cm³/mol. The van der Waals surface area contributed by atoms with Crippen LogP contribution in [0.5, 0.6) is 0 Å². The maximum Gasteiger partial charge on any atom is 0.223 e. The average molecular weight is 470 g/mol. The molecule has 0 bridgehead atoms. The minimum atomic E-state index is 0.0285. The molecule has 3 heterocycles. The lowest BCUT2D eigenvalue weighted by Gasteiger charge is -2.39. The zero-order valence-corrected chi connectivity index (χ0v) is 17.5. The molecule has 2 aliphatic rings. The van der Waals surface area contributed by atoms with Crippen molar-refractivity contribution in [2.45, 2.75) is 19.8 Å². The van der Waals surface area contributed by atoms with Crippen LogP contribution in [0.4, 0.5) is 5.82 Å². The molecular weight excluding hydrogens is 443 g/mol. The number of carbonyl (C=O) groups excluding carboxylic acids is 2. The third-order valence-corrected chi connectivity index (χ3v) is 5.96. The Hall–Kier alpha value is -1.06. The van der Waals surface area contributed by atoms with E-state index in [9.17, 15) is 9.59 Å². The van der Waals surface area contributed by atoms with E-state index in [0.717, 1.165) is 57.5 Å². The largest absolute Gasteiger partial charge is 0.354 e. The third kappa shape index (κ3) is 5.47. The molecule has 1 aromatic heterocycles. The fraction of sp³-hybridized carbons (Fsp3) is 0.632. The molecule has 0 radical (unpaired) electrons. The summed E-state index contributed by atoms with van der Waals surface area (Å²) in [6.45, 7) is 9.63. The summed E-state index contributed by atoms with van der Waals surface area (Å²) in [5, 5.41) is 0. The molecule has 0 N–H and O–H groups in total. The topological polar surface area (TPSA) is 56.8 Å². The number of Topliss-reactive ketones (excluding diaryl/α,β-unsaturated/α-hetero) is 1. The van der Waals surface area contributed by atoms with Gasteiger partial charge in [0.15, 0.2) is 0 Å². The fourth-order valence-electron chi connectivity index (χ4n) is 3.86. The van der Waals surface area contributed by atoms with Crippen molar-refractivity contribution in [1.82, 2.24) is 14.8 Å². The molecule has 1 aromatic rings. The molecule has 3 rings (SSSR count). The Morgan fingerprint density at radius 1 is 1.08 bits per heavy atom. The van der Waals surface area contributed by atoms with Gasteiger partial charge in [0.1, 0.15) is 11.6 Å². The lowest BCUT2D eigenvalue weighted by Crippen LogP contribution is -2.49. The van der Waals surface area contributed by atoms with Gasteiger partial charge in [0.2, 0.25) is 3.79 Å². The summed E-state index contributed by atoms with van der Waals surface area (Å²) in [5.74, 6) is 1.98. The summed E-state index contributed by atoms with van der Waals surface area (Å²) < 4.78 is 0.0285. The van der Waals surface area contributed by atoms with Crippen molar-refractivity contribution in [2.24, 2.45) is 5.92 Å². The van der Waals surface area contributed by atoms with Crippen LogP contribution < -0.4 is 4.90 Å². The number of carbonyl (C=O) groups is 2. The second-order valence-electron chi connectivity index (χ2n) is 7.39. The van der Waals surface area contributed by atoms with E-state index >= 15 is 0 Å². The van der Waals surface area contributed by atoms with Crippen LogP contribution >= 0.6 is 22.6 Å². The first-order chi connectivity index (χ1) is 12.5. The number of anilines is 1. The van der Waals surface area contributed by atoms with Gasteiger partial charge in [-0.15, -0.1) is 0 Å². The highest BCUT2D eigenvalue weighted by Crippen LogP contribution is 2.20. The molecule has 142 valence electrons. The summed E-state index contributed by atoms with van der Waals surface area (Å²) >= 11 is 1.79. The van der Waals surface area contributed by atoms with Crippen LogP contribution in [0.3, 0.4) is 0 Å². The number of hydrogen-bond donors (Lipinski definition) is 0. The van der Waals surface area contributed by atoms with E-state index < -0.39 is 0 Å². The minimum absolute atomic E-state index is 0.0285. The Balaban J connectivity index is 1.41. The van der Waals surface area contributed by atoms with Gasteiger partial charge in [0.25, 0.3) is 0 Å². The molecule has 2 fully saturated rings. The van der Waals surface area contributed by atoms with Crippen molar-refractivity contribution in [1.29, 1.82) is 0 Å². The number of likely N-dealkylation sites (tertiary alicyclic amines) is 1. The van der Waals surface area contributed by atoms with Crippen LogP contribution in [0, 0.1) is 5.92 Å². The second-order valence-corrected chi connectivity index (χ2v) is 8.37. The average Bonchev–Trinajstić information content (AvgIpc) is 2.64. The molecule has 2 saturated heterocycles. The van der Waals surface area contributed by atoms with Crippen LogP contribution in [0.1, 0.15) is 30.1 Å². The molecule has 0 amide bonds. The highest BCUT2D eigenvalue weighted by atomic mass is 127. The van der Waals surface area contributed by atoms with Crippen LogP contribution in [0.15, 0.2) is 18.3 Å². The van der Waals surface area contributed by atoms with Gasteiger partial charge in [-0.05, 0) is 50.9 Å².